The Hall–Kier alpha value is -2.63. The van der Waals surface area contributed by atoms with E-state index in [1.807, 2.05) is 51.2 Å². The van der Waals surface area contributed by atoms with Crippen molar-refractivity contribution >= 4 is 11.9 Å². The van der Waals surface area contributed by atoms with Crippen LogP contribution < -0.4 is 5.32 Å². The number of carbonyl (C=O) groups is 2. The van der Waals surface area contributed by atoms with Gasteiger partial charge in [0.1, 0.15) is 0 Å². The highest BCUT2D eigenvalue weighted by molar-refractivity contribution is 5.79. The molecule has 0 aliphatic carbocycles. The van der Waals surface area contributed by atoms with E-state index < -0.39 is 11.9 Å². The van der Waals surface area contributed by atoms with Crippen LogP contribution in [0.1, 0.15) is 36.7 Å². The van der Waals surface area contributed by atoms with Gasteiger partial charge in [-0.3, -0.25) is 14.3 Å². The SMILES string of the molecule is Cc1ccc(C[C@H](CNC(=O)Cc2ccn(C(C)C)n2)C(=O)O)cc1. The van der Waals surface area contributed by atoms with Crippen molar-refractivity contribution in [2.24, 2.45) is 5.92 Å². The fourth-order valence-corrected chi connectivity index (χ4v) is 2.48. The van der Waals surface area contributed by atoms with Crippen LogP contribution in [0.4, 0.5) is 0 Å². The topological polar surface area (TPSA) is 84.2 Å². The normalized spacial score (nSPS) is 12.2. The van der Waals surface area contributed by atoms with Crippen molar-refractivity contribution < 1.29 is 14.7 Å². The molecule has 1 aromatic heterocycles. The van der Waals surface area contributed by atoms with Crippen LogP contribution in [-0.4, -0.2) is 33.3 Å². The number of carbonyl (C=O) groups excluding carboxylic acids is 1. The van der Waals surface area contributed by atoms with E-state index in [0.29, 0.717) is 12.1 Å². The maximum Gasteiger partial charge on any atom is 0.308 e. The van der Waals surface area contributed by atoms with Gasteiger partial charge in [0, 0.05) is 18.8 Å². The van der Waals surface area contributed by atoms with E-state index in [4.69, 9.17) is 0 Å². The molecular formula is C19H25N3O3. The first-order valence-corrected chi connectivity index (χ1v) is 8.44. The van der Waals surface area contributed by atoms with Gasteiger partial charge < -0.3 is 10.4 Å². The van der Waals surface area contributed by atoms with E-state index in [-0.39, 0.29) is 24.9 Å². The highest BCUT2D eigenvalue weighted by Crippen LogP contribution is 2.11. The van der Waals surface area contributed by atoms with Crippen LogP contribution in [0.25, 0.3) is 0 Å². The number of aliphatic carboxylic acids is 1. The van der Waals surface area contributed by atoms with Crippen LogP contribution in [-0.2, 0) is 22.4 Å². The summed E-state index contributed by atoms with van der Waals surface area (Å²) in [4.78, 5) is 23.5. The van der Waals surface area contributed by atoms with Crippen molar-refractivity contribution in [2.75, 3.05) is 6.54 Å². The lowest BCUT2D eigenvalue weighted by atomic mass is 9.98. The van der Waals surface area contributed by atoms with Gasteiger partial charge in [-0.25, -0.2) is 0 Å². The van der Waals surface area contributed by atoms with Gasteiger partial charge >= 0.3 is 5.97 Å². The lowest BCUT2D eigenvalue weighted by molar-refractivity contribution is -0.141. The molecule has 1 aromatic carbocycles. The maximum absolute atomic E-state index is 12.1. The zero-order chi connectivity index (χ0) is 18.4. The van der Waals surface area contributed by atoms with Crippen molar-refractivity contribution in [1.82, 2.24) is 15.1 Å². The summed E-state index contributed by atoms with van der Waals surface area (Å²) in [5.41, 5.74) is 2.75. The number of carboxylic acid groups (broad SMARTS) is 1. The summed E-state index contributed by atoms with van der Waals surface area (Å²) < 4.78 is 1.79. The zero-order valence-corrected chi connectivity index (χ0v) is 14.9. The Labute approximate surface area is 147 Å². The lowest BCUT2D eigenvalue weighted by Crippen LogP contribution is -2.35. The Balaban J connectivity index is 1.88. The van der Waals surface area contributed by atoms with Gasteiger partial charge in [0.2, 0.25) is 5.91 Å². The van der Waals surface area contributed by atoms with E-state index >= 15 is 0 Å². The van der Waals surface area contributed by atoms with Crippen LogP contribution in [0.5, 0.6) is 0 Å². The second kappa shape index (κ2) is 8.46. The van der Waals surface area contributed by atoms with E-state index in [1.165, 1.54) is 0 Å². The molecule has 0 saturated heterocycles. The summed E-state index contributed by atoms with van der Waals surface area (Å²) in [5.74, 6) is -1.78. The van der Waals surface area contributed by atoms with Crippen molar-refractivity contribution in [3.63, 3.8) is 0 Å². The quantitative estimate of drug-likeness (QED) is 0.771. The molecule has 6 heteroatoms. The monoisotopic (exact) mass is 343 g/mol. The Bertz CT molecular complexity index is 720. The number of aryl methyl sites for hydroxylation is 1. The maximum atomic E-state index is 12.1. The highest BCUT2D eigenvalue weighted by Gasteiger charge is 2.19. The molecule has 0 unspecified atom stereocenters. The predicted molar refractivity (Wildman–Crippen MR) is 95.3 cm³/mol. The van der Waals surface area contributed by atoms with Crippen LogP contribution in [0, 0.1) is 12.8 Å². The van der Waals surface area contributed by atoms with E-state index in [9.17, 15) is 14.7 Å². The molecule has 0 saturated carbocycles. The smallest absolute Gasteiger partial charge is 0.308 e. The van der Waals surface area contributed by atoms with E-state index in [2.05, 4.69) is 10.4 Å². The fraction of sp³-hybridized carbons (Fsp3) is 0.421. The van der Waals surface area contributed by atoms with Gasteiger partial charge in [-0.2, -0.15) is 5.10 Å². The number of hydrogen-bond acceptors (Lipinski definition) is 3. The zero-order valence-electron chi connectivity index (χ0n) is 14.9. The molecule has 0 fully saturated rings. The van der Waals surface area contributed by atoms with Gasteiger partial charge in [0.25, 0.3) is 0 Å². The molecule has 1 amide bonds. The third-order valence-corrected chi connectivity index (χ3v) is 4.03. The van der Waals surface area contributed by atoms with Crippen LogP contribution >= 0.6 is 0 Å². The molecule has 1 heterocycles. The molecule has 2 rings (SSSR count). The number of nitrogens with zero attached hydrogens (tertiary/aromatic N) is 2. The molecule has 134 valence electrons. The first-order chi connectivity index (χ1) is 11.8. The molecule has 0 radical (unpaired) electrons. The minimum Gasteiger partial charge on any atom is -0.481 e. The van der Waals surface area contributed by atoms with Gasteiger partial charge in [0.05, 0.1) is 18.0 Å². The third-order valence-electron chi connectivity index (χ3n) is 4.03. The highest BCUT2D eigenvalue weighted by atomic mass is 16.4. The fourth-order valence-electron chi connectivity index (χ4n) is 2.48. The number of hydrogen-bond donors (Lipinski definition) is 2. The molecule has 2 aromatic rings. The van der Waals surface area contributed by atoms with Crippen molar-refractivity contribution in [2.45, 2.75) is 39.7 Å². The molecule has 0 bridgehead atoms. The molecule has 0 spiro atoms. The first-order valence-electron chi connectivity index (χ1n) is 8.44. The predicted octanol–water partition coefficient (Wildman–Crippen LogP) is 2.37. The standard InChI is InChI=1S/C19H25N3O3/c1-13(2)22-9-8-17(21-22)11-18(23)20-12-16(19(24)25)10-15-6-4-14(3)5-7-15/h4-9,13,16H,10-12H2,1-3H3,(H,20,23)(H,24,25)/t16-/m1/s1. The Morgan fingerprint density at radius 2 is 1.88 bits per heavy atom. The van der Waals surface area contributed by atoms with Gasteiger partial charge in [-0.15, -0.1) is 0 Å². The molecule has 1 atom stereocenters. The van der Waals surface area contributed by atoms with Crippen molar-refractivity contribution in [3.8, 4) is 0 Å². The summed E-state index contributed by atoms with van der Waals surface area (Å²) in [5, 5.41) is 16.4. The Kier molecular flexibility index (Phi) is 6.33. The van der Waals surface area contributed by atoms with Crippen LogP contribution in [0.2, 0.25) is 0 Å². The largest absolute Gasteiger partial charge is 0.481 e. The average Bonchev–Trinajstić information content (AvgIpc) is 3.01. The first kappa shape index (κ1) is 18.7. The van der Waals surface area contributed by atoms with Crippen LogP contribution in [0.15, 0.2) is 36.5 Å². The molecule has 6 nitrogen and oxygen atoms in total. The summed E-state index contributed by atoms with van der Waals surface area (Å²) in [7, 11) is 0. The lowest BCUT2D eigenvalue weighted by Gasteiger charge is -2.13. The van der Waals surface area contributed by atoms with Gasteiger partial charge in [0.15, 0.2) is 0 Å². The summed E-state index contributed by atoms with van der Waals surface area (Å²) in [6.07, 6.45) is 2.37. The van der Waals surface area contributed by atoms with Gasteiger partial charge in [-0.05, 0) is 38.8 Å². The Morgan fingerprint density at radius 3 is 2.44 bits per heavy atom. The second-order valence-corrected chi connectivity index (χ2v) is 6.59. The summed E-state index contributed by atoms with van der Waals surface area (Å²) >= 11 is 0. The summed E-state index contributed by atoms with van der Waals surface area (Å²) in [6, 6.07) is 9.80. The number of benzene rings is 1. The van der Waals surface area contributed by atoms with Crippen molar-refractivity contribution in [3.05, 3.63) is 53.3 Å². The minimum absolute atomic E-state index is 0.104. The number of carboxylic acids is 1. The van der Waals surface area contributed by atoms with E-state index in [1.54, 1.807) is 10.7 Å². The average molecular weight is 343 g/mol. The van der Waals surface area contributed by atoms with E-state index in [0.717, 1.165) is 11.1 Å². The molecule has 2 N–H and O–H groups in total. The third kappa shape index (κ3) is 5.74. The van der Waals surface area contributed by atoms with Crippen LogP contribution in [0.3, 0.4) is 0 Å². The summed E-state index contributed by atoms with van der Waals surface area (Å²) in [6.45, 7) is 6.12. The number of amides is 1. The van der Waals surface area contributed by atoms with Crippen molar-refractivity contribution in [1.29, 1.82) is 0 Å². The molecular weight excluding hydrogens is 318 g/mol. The van der Waals surface area contributed by atoms with Gasteiger partial charge in [-0.1, -0.05) is 29.8 Å². The minimum atomic E-state index is -0.912. The second-order valence-electron chi connectivity index (χ2n) is 6.59. The number of nitrogens with one attached hydrogen (secondary N) is 1. The molecule has 0 aliphatic rings. The number of rotatable bonds is 8. The molecule has 0 aliphatic heterocycles. The Morgan fingerprint density at radius 1 is 1.20 bits per heavy atom. The molecule has 25 heavy (non-hydrogen) atoms. The number of aromatic nitrogens is 2.